The van der Waals surface area contributed by atoms with Gasteiger partial charge >= 0.3 is 0 Å². The third-order valence-electron chi connectivity index (χ3n) is 2.23. The summed E-state index contributed by atoms with van der Waals surface area (Å²) in [5, 5.41) is 0.192. The van der Waals surface area contributed by atoms with Gasteiger partial charge < -0.3 is 4.90 Å². The highest BCUT2D eigenvalue weighted by Crippen LogP contribution is 2.39. The first-order valence-corrected chi connectivity index (χ1v) is 4.22. The molecule has 0 aliphatic carbocycles. The predicted molar refractivity (Wildman–Crippen MR) is 44.3 cm³/mol. The summed E-state index contributed by atoms with van der Waals surface area (Å²) in [4.78, 5) is 12.9. The zero-order chi connectivity index (χ0) is 7.94. The van der Waals surface area contributed by atoms with E-state index in [0.29, 0.717) is 6.04 Å². The van der Waals surface area contributed by atoms with Crippen LogP contribution in [0.2, 0.25) is 0 Å². The molecule has 0 radical (unpaired) electrons. The van der Waals surface area contributed by atoms with E-state index in [0.717, 1.165) is 0 Å². The Balaban J connectivity index is 2.81. The number of amides is 1. The zero-order valence-corrected chi connectivity index (χ0v) is 7.66. The van der Waals surface area contributed by atoms with Gasteiger partial charge in [-0.2, -0.15) is 0 Å². The van der Waals surface area contributed by atoms with Crippen molar-refractivity contribution in [3.8, 4) is 0 Å². The first-order chi connectivity index (χ1) is 4.45. The van der Waals surface area contributed by atoms with Gasteiger partial charge in [0.15, 0.2) is 0 Å². The van der Waals surface area contributed by atoms with Crippen molar-refractivity contribution < 1.29 is 4.79 Å². The molecule has 0 N–H and O–H groups in total. The quantitative estimate of drug-likeness (QED) is 0.538. The Bertz CT molecular complexity index is 167. The Kier molecular flexibility index (Phi) is 1.71. The monoisotopic (exact) mass is 159 g/mol. The van der Waals surface area contributed by atoms with E-state index in [-0.39, 0.29) is 9.99 Å². The zero-order valence-electron chi connectivity index (χ0n) is 6.84. The molecule has 0 saturated carbocycles. The molecule has 1 heterocycles. The van der Waals surface area contributed by atoms with Crippen LogP contribution < -0.4 is 0 Å². The van der Waals surface area contributed by atoms with Gasteiger partial charge in [0.05, 0.1) is 0 Å². The number of nitrogens with zero attached hydrogens (tertiary/aromatic N) is 1. The maximum atomic E-state index is 11.1. The molecule has 2 nitrogen and oxygen atoms in total. The van der Waals surface area contributed by atoms with E-state index in [4.69, 9.17) is 0 Å². The van der Waals surface area contributed by atoms with Crippen molar-refractivity contribution in [2.75, 3.05) is 7.05 Å². The van der Waals surface area contributed by atoms with E-state index in [1.807, 2.05) is 7.05 Å². The largest absolute Gasteiger partial charge is 0.333 e. The standard InChI is InChI=1S/C7H13NOS/c1-5-7(2,3)10-6(9)8(5)4/h5H,1-4H3. The van der Waals surface area contributed by atoms with Crippen LogP contribution >= 0.6 is 11.8 Å². The van der Waals surface area contributed by atoms with Gasteiger partial charge in [-0.1, -0.05) is 11.8 Å². The molecule has 0 aromatic rings. The molecule has 1 atom stereocenters. The molecule has 58 valence electrons. The molecule has 1 rings (SSSR count). The minimum absolute atomic E-state index is 0.0891. The van der Waals surface area contributed by atoms with Crippen LogP contribution in [0.1, 0.15) is 20.8 Å². The van der Waals surface area contributed by atoms with Gasteiger partial charge in [-0.05, 0) is 20.8 Å². The minimum Gasteiger partial charge on any atom is -0.333 e. The Labute approximate surface area is 66.0 Å². The van der Waals surface area contributed by atoms with Crippen molar-refractivity contribution in [2.45, 2.75) is 31.6 Å². The summed E-state index contributed by atoms with van der Waals surface area (Å²) in [6.45, 7) is 6.28. The van der Waals surface area contributed by atoms with E-state index in [2.05, 4.69) is 20.8 Å². The van der Waals surface area contributed by atoms with Crippen LogP contribution in [0.4, 0.5) is 4.79 Å². The number of carbonyl (C=O) groups excluding carboxylic acids is 1. The molecular formula is C7H13NOS. The molecule has 0 bridgehead atoms. The summed E-state index contributed by atoms with van der Waals surface area (Å²) >= 11 is 1.43. The van der Waals surface area contributed by atoms with Crippen LogP contribution in [0.5, 0.6) is 0 Å². The topological polar surface area (TPSA) is 20.3 Å². The average Bonchev–Trinajstić information content (AvgIpc) is 1.95. The van der Waals surface area contributed by atoms with Crippen LogP contribution in [0, 0.1) is 0 Å². The van der Waals surface area contributed by atoms with E-state index >= 15 is 0 Å². The second-order valence-electron chi connectivity index (χ2n) is 3.26. The van der Waals surface area contributed by atoms with Crippen LogP contribution in [0.15, 0.2) is 0 Å². The Morgan fingerprint density at radius 3 is 2.20 bits per heavy atom. The van der Waals surface area contributed by atoms with Crippen LogP contribution in [-0.2, 0) is 0 Å². The van der Waals surface area contributed by atoms with Crippen molar-refractivity contribution in [1.82, 2.24) is 4.90 Å². The molecule has 1 saturated heterocycles. The summed E-state index contributed by atoms with van der Waals surface area (Å²) in [5.41, 5.74) is 0. The van der Waals surface area contributed by atoms with Gasteiger partial charge in [-0.15, -0.1) is 0 Å². The van der Waals surface area contributed by atoms with Crippen molar-refractivity contribution in [1.29, 1.82) is 0 Å². The number of carbonyl (C=O) groups is 1. The molecule has 1 amide bonds. The van der Waals surface area contributed by atoms with E-state index in [9.17, 15) is 4.79 Å². The van der Waals surface area contributed by atoms with Crippen molar-refractivity contribution >= 4 is 17.0 Å². The normalized spacial score (nSPS) is 31.4. The third kappa shape index (κ3) is 1.03. The van der Waals surface area contributed by atoms with E-state index in [1.54, 1.807) is 4.90 Å². The highest BCUT2D eigenvalue weighted by molar-refractivity contribution is 8.15. The van der Waals surface area contributed by atoms with Gasteiger partial charge in [-0.25, -0.2) is 0 Å². The maximum Gasteiger partial charge on any atom is 0.282 e. The van der Waals surface area contributed by atoms with Gasteiger partial charge in [-0.3, -0.25) is 4.79 Å². The van der Waals surface area contributed by atoms with Crippen LogP contribution in [-0.4, -0.2) is 28.0 Å². The summed E-state index contributed by atoms with van der Waals surface area (Å²) in [6, 6.07) is 0.352. The van der Waals surface area contributed by atoms with Crippen molar-refractivity contribution in [2.24, 2.45) is 0 Å². The third-order valence-corrected chi connectivity index (χ3v) is 3.56. The first kappa shape index (κ1) is 7.92. The molecule has 10 heavy (non-hydrogen) atoms. The lowest BCUT2D eigenvalue weighted by Crippen LogP contribution is -2.35. The second kappa shape index (κ2) is 2.16. The van der Waals surface area contributed by atoms with Gasteiger partial charge in [0.2, 0.25) is 0 Å². The molecule has 0 aromatic heterocycles. The lowest BCUT2D eigenvalue weighted by atomic mass is 10.1. The van der Waals surface area contributed by atoms with Crippen molar-refractivity contribution in [3.05, 3.63) is 0 Å². The molecule has 0 spiro atoms. The number of hydrogen-bond donors (Lipinski definition) is 0. The average molecular weight is 159 g/mol. The number of hydrogen-bond acceptors (Lipinski definition) is 2. The van der Waals surface area contributed by atoms with E-state index in [1.165, 1.54) is 11.8 Å². The molecule has 1 fully saturated rings. The highest BCUT2D eigenvalue weighted by atomic mass is 32.2. The first-order valence-electron chi connectivity index (χ1n) is 3.41. The van der Waals surface area contributed by atoms with E-state index < -0.39 is 0 Å². The Morgan fingerprint density at radius 2 is 2.10 bits per heavy atom. The summed E-state index contributed by atoms with van der Waals surface area (Å²) in [6.07, 6.45) is 0. The molecule has 1 aliphatic heterocycles. The molecule has 1 unspecified atom stereocenters. The molecular weight excluding hydrogens is 146 g/mol. The lowest BCUT2D eigenvalue weighted by Gasteiger charge is -2.24. The number of thioether (sulfide) groups is 1. The smallest absolute Gasteiger partial charge is 0.282 e. The fraction of sp³-hybridized carbons (Fsp3) is 0.857. The van der Waals surface area contributed by atoms with Crippen molar-refractivity contribution in [3.63, 3.8) is 0 Å². The van der Waals surface area contributed by atoms with Gasteiger partial charge in [0, 0.05) is 17.8 Å². The maximum absolute atomic E-state index is 11.1. The number of rotatable bonds is 0. The highest BCUT2D eigenvalue weighted by Gasteiger charge is 2.41. The summed E-state index contributed by atoms with van der Waals surface area (Å²) < 4.78 is 0.0891. The summed E-state index contributed by atoms with van der Waals surface area (Å²) in [5.74, 6) is 0. The molecule has 3 heteroatoms. The Morgan fingerprint density at radius 1 is 1.60 bits per heavy atom. The second-order valence-corrected chi connectivity index (χ2v) is 4.86. The Hall–Kier alpha value is -0.180. The van der Waals surface area contributed by atoms with Crippen LogP contribution in [0.25, 0.3) is 0 Å². The fourth-order valence-corrected chi connectivity index (χ4v) is 2.09. The minimum atomic E-state index is 0.0891. The molecule has 0 aromatic carbocycles. The van der Waals surface area contributed by atoms with Gasteiger partial charge in [0.25, 0.3) is 5.24 Å². The fourth-order valence-electron chi connectivity index (χ4n) is 1.01. The predicted octanol–water partition coefficient (Wildman–Crippen LogP) is 1.95. The van der Waals surface area contributed by atoms with Gasteiger partial charge in [0.1, 0.15) is 0 Å². The lowest BCUT2D eigenvalue weighted by molar-refractivity contribution is 0.219. The SMILES string of the molecule is CC1N(C)C(=O)SC1(C)C. The summed E-state index contributed by atoms with van der Waals surface area (Å²) in [7, 11) is 1.86. The molecule has 1 aliphatic rings. The van der Waals surface area contributed by atoms with Crippen LogP contribution in [0.3, 0.4) is 0 Å².